The van der Waals surface area contributed by atoms with Gasteiger partial charge in [0.2, 0.25) is 0 Å². The van der Waals surface area contributed by atoms with Gasteiger partial charge in [0.15, 0.2) is 0 Å². The fourth-order valence-corrected chi connectivity index (χ4v) is 7.36. The Hall–Kier alpha value is -3.87. The number of amides is 1. The third kappa shape index (κ3) is 2.66. The number of carbonyl (C=O) groups is 3. The van der Waals surface area contributed by atoms with Crippen LogP contribution in [0.5, 0.6) is 0 Å². The van der Waals surface area contributed by atoms with E-state index < -0.39 is 11.9 Å². The molecule has 36 heavy (non-hydrogen) atoms. The Morgan fingerprint density at radius 3 is 1.83 bits per heavy atom. The van der Waals surface area contributed by atoms with E-state index in [9.17, 15) is 14.4 Å². The normalized spacial score (nSPS) is 29.4. The molecule has 1 amide bonds. The highest BCUT2D eigenvalue weighted by Crippen LogP contribution is 2.69. The zero-order valence-corrected chi connectivity index (χ0v) is 20.0. The molecule has 0 saturated heterocycles. The molecule has 7 heteroatoms. The summed E-state index contributed by atoms with van der Waals surface area (Å²) in [5.74, 6) is -0.623. The Kier molecular flexibility index (Phi) is 4.50. The third-order valence-electron chi connectivity index (χ3n) is 8.75. The van der Waals surface area contributed by atoms with Gasteiger partial charge in [0.25, 0.3) is 0 Å². The van der Waals surface area contributed by atoms with Crippen LogP contribution in [0.3, 0.4) is 0 Å². The molecule has 6 atom stereocenters. The van der Waals surface area contributed by atoms with Gasteiger partial charge in [-0.25, -0.2) is 14.4 Å². The van der Waals surface area contributed by atoms with Crippen molar-refractivity contribution in [2.45, 2.75) is 36.9 Å². The van der Waals surface area contributed by atoms with Crippen LogP contribution >= 0.6 is 0 Å². The summed E-state index contributed by atoms with van der Waals surface area (Å²) in [4.78, 5) is 40.1. The van der Waals surface area contributed by atoms with Crippen molar-refractivity contribution in [1.29, 1.82) is 0 Å². The molecule has 3 aliphatic carbocycles. The molecule has 4 bridgehead atoms. The Labute approximate surface area is 208 Å². The SMILES string of the molecule is COC(=O)C1=C(C(=O)OC)[C@H]2[C@@H]1[C@H]1C[C@@H]2c2cc3c(cc21)[C@H]1C=C[C@@H]3N1C(=O)OCc1ccccc1. The monoisotopic (exact) mass is 483 g/mol. The minimum absolute atomic E-state index is 0.0248. The van der Waals surface area contributed by atoms with Crippen LogP contribution < -0.4 is 0 Å². The molecule has 1 fully saturated rings. The van der Waals surface area contributed by atoms with Crippen LogP contribution in [-0.2, 0) is 30.4 Å². The molecule has 0 radical (unpaired) electrons. The first-order valence-electron chi connectivity index (χ1n) is 12.3. The van der Waals surface area contributed by atoms with Crippen LogP contribution in [0, 0.1) is 11.8 Å². The number of ether oxygens (including phenoxy) is 3. The second-order valence-corrected chi connectivity index (χ2v) is 10.1. The second-order valence-electron chi connectivity index (χ2n) is 10.1. The summed E-state index contributed by atoms with van der Waals surface area (Å²) in [6.07, 6.45) is 4.70. The van der Waals surface area contributed by atoms with Crippen LogP contribution in [0.4, 0.5) is 4.79 Å². The molecule has 0 spiro atoms. The van der Waals surface area contributed by atoms with Gasteiger partial charge in [0.1, 0.15) is 6.61 Å². The maximum Gasteiger partial charge on any atom is 0.411 e. The first kappa shape index (κ1) is 21.4. The molecular formula is C29H25NO6. The van der Waals surface area contributed by atoms with E-state index in [4.69, 9.17) is 14.2 Å². The summed E-state index contributed by atoms with van der Waals surface area (Å²) in [6.45, 7) is 0.230. The van der Waals surface area contributed by atoms with Crippen LogP contribution in [0.2, 0.25) is 0 Å². The van der Waals surface area contributed by atoms with Gasteiger partial charge in [-0.1, -0.05) is 54.6 Å². The van der Waals surface area contributed by atoms with E-state index in [0.717, 1.165) is 23.1 Å². The van der Waals surface area contributed by atoms with E-state index in [2.05, 4.69) is 24.3 Å². The molecule has 182 valence electrons. The molecule has 2 aliphatic heterocycles. The quantitative estimate of drug-likeness (QED) is 0.363. The number of methoxy groups -OCH3 is 2. The molecule has 0 unspecified atom stereocenters. The molecular weight excluding hydrogens is 458 g/mol. The average Bonchev–Trinajstić information content (AvgIpc) is 3.63. The minimum Gasteiger partial charge on any atom is -0.466 e. The first-order chi connectivity index (χ1) is 17.5. The Morgan fingerprint density at radius 2 is 1.33 bits per heavy atom. The van der Waals surface area contributed by atoms with Crippen molar-refractivity contribution in [2.24, 2.45) is 11.8 Å². The van der Waals surface area contributed by atoms with Gasteiger partial charge in [-0.15, -0.1) is 0 Å². The van der Waals surface area contributed by atoms with Crippen molar-refractivity contribution in [1.82, 2.24) is 4.90 Å². The zero-order chi connectivity index (χ0) is 24.7. The van der Waals surface area contributed by atoms with Crippen molar-refractivity contribution in [3.8, 4) is 0 Å². The maximum absolute atomic E-state index is 13.1. The zero-order valence-electron chi connectivity index (χ0n) is 20.0. The van der Waals surface area contributed by atoms with E-state index in [-0.39, 0.29) is 48.5 Å². The van der Waals surface area contributed by atoms with Crippen LogP contribution in [0.1, 0.15) is 58.2 Å². The van der Waals surface area contributed by atoms with Crippen molar-refractivity contribution in [2.75, 3.05) is 14.2 Å². The fraction of sp³-hybridized carbons (Fsp3) is 0.345. The molecule has 1 saturated carbocycles. The lowest BCUT2D eigenvalue weighted by molar-refractivity contribution is -0.142. The third-order valence-corrected chi connectivity index (χ3v) is 8.75. The lowest BCUT2D eigenvalue weighted by Gasteiger charge is -2.43. The van der Waals surface area contributed by atoms with Crippen molar-refractivity contribution in [3.05, 3.63) is 93.6 Å². The largest absolute Gasteiger partial charge is 0.466 e. The number of carbonyl (C=O) groups excluding carboxylic acids is 3. The Balaban J connectivity index is 1.19. The Bertz CT molecular complexity index is 1320. The number of rotatable bonds is 4. The first-order valence-corrected chi connectivity index (χ1v) is 12.3. The van der Waals surface area contributed by atoms with Crippen LogP contribution in [-0.4, -0.2) is 37.2 Å². The molecule has 0 aromatic heterocycles. The minimum atomic E-state index is -0.443. The van der Waals surface area contributed by atoms with Crippen molar-refractivity contribution >= 4 is 18.0 Å². The van der Waals surface area contributed by atoms with Crippen molar-refractivity contribution < 1.29 is 28.6 Å². The summed E-state index contributed by atoms with van der Waals surface area (Å²) < 4.78 is 15.7. The number of fused-ring (bicyclic) bond motifs is 13. The standard InChI is InChI=1S/C29H25NO6/c1-34-27(31)25-23-19-12-20(24(23)26(25)28(32)35-2)16-11-18-17(10-15(16)19)21-8-9-22(18)30(21)29(33)36-13-14-6-4-3-5-7-14/h3-11,19-24H,12-13H2,1-2H3/t19-,20+,21+,22-,23-,24+. The number of hydrogen-bond acceptors (Lipinski definition) is 6. The summed E-state index contributed by atoms with van der Waals surface area (Å²) in [5.41, 5.74) is 6.59. The highest BCUT2D eigenvalue weighted by molar-refractivity contribution is 6.05. The number of esters is 2. The predicted octanol–water partition coefficient (Wildman–Crippen LogP) is 4.46. The van der Waals surface area contributed by atoms with E-state index in [0.29, 0.717) is 11.1 Å². The lowest BCUT2D eigenvalue weighted by atomic mass is 9.59. The molecule has 5 aliphatic rings. The predicted molar refractivity (Wildman–Crippen MR) is 128 cm³/mol. The smallest absolute Gasteiger partial charge is 0.411 e. The fourth-order valence-electron chi connectivity index (χ4n) is 7.36. The van der Waals surface area contributed by atoms with Gasteiger partial charge in [0.05, 0.1) is 37.4 Å². The number of hydrogen-bond donors (Lipinski definition) is 0. The van der Waals surface area contributed by atoms with Gasteiger partial charge in [-0.2, -0.15) is 0 Å². The van der Waals surface area contributed by atoms with Gasteiger partial charge >= 0.3 is 18.0 Å². The highest BCUT2D eigenvalue weighted by Gasteiger charge is 2.63. The molecule has 7 nitrogen and oxygen atoms in total. The van der Waals surface area contributed by atoms with Crippen molar-refractivity contribution in [3.63, 3.8) is 0 Å². The van der Waals surface area contributed by atoms with E-state index in [1.54, 1.807) is 4.90 Å². The van der Waals surface area contributed by atoms with E-state index >= 15 is 0 Å². The lowest BCUT2D eigenvalue weighted by Crippen LogP contribution is -2.42. The molecule has 0 N–H and O–H groups in total. The van der Waals surface area contributed by atoms with Crippen LogP contribution in [0.15, 0.2) is 65.8 Å². The number of nitrogens with zero attached hydrogens (tertiary/aromatic N) is 1. The Morgan fingerprint density at radius 1 is 0.806 bits per heavy atom. The number of benzene rings is 2. The van der Waals surface area contributed by atoms with Crippen LogP contribution in [0.25, 0.3) is 0 Å². The maximum atomic E-state index is 13.1. The topological polar surface area (TPSA) is 82.1 Å². The summed E-state index contributed by atoms with van der Waals surface area (Å²) >= 11 is 0. The van der Waals surface area contributed by atoms with E-state index in [1.165, 1.54) is 25.3 Å². The summed E-state index contributed by atoms with van der Waals surface area (Å²) in [7, 11) is 2.69. The summed E-state index contributed by atoms with van der Waals surface area (Å²) in [6, 6.07) is 13.8. The highest BCUT2D eigenvalue weighted by atomic mass is 16.6. The second kappa shape index (κ2) is 7.56. The molecule has 7 rings (SSSR count). The molecule has 2 heterocycles. The van der Waals surface area contributed by atoms with E-state index in [1.807, 2.05) is 30.3 Å². The average molecular weight is 484 g/mol. The molecule has 2 aromatic carbocycles. The molecule has 2 aromatic rings. The van der Waals surface area contributed by atoms with Gasteiger partial charge in [-0.3, -0.25) is 4.90 Å². The van der Waals surface area contributed by atoms with Gasteiger partial charge in [-0.05, 0) is 46.1 Å². The summed E-state index contributed by atoms with van der Waals surface area (Å²) in [5, 5.41) is 0. The van der Waals surface area contributed by atoms with Gasteiger partial charge < -0.3 is 14.2 Å². The van der Waals surface area contributed by atoms with Gasteiger partial charge in [0, 0.05) is 11.8 Å².